The third-order valence-electron chi connectivity index (χ3n) is 3.55. The lowest BCUT2D eigenvalue weighted by atomic mass is 10.0. The van der Waals surface area contributed by atoms with Gasteiger partial charge in [0, 0.05) is 12.1 Å². The predicted molar refractivity (Wildman–Crippen MR) is 79.7 cm³/mol. The summed E-state index contributed by atoms with van der Waals surface area (Å²) in [6.07, 6.45) is 9.78. The maximum Gasteiger partial charge on any atom is 0.0961 e. The highest BCUT2D eigenvalue weighted by Gasteiger charge is 2.10. The van der Waals surface area contributed by atoms with Crippen LogP contribution in [-0.4, -0.2) is 30.0 Å². The monoisotopic (exact) mass is 256 g/mol. The van der Waals surface area contributed by atoms with Crippen molar-refractivity contribution in [2.45, 2.75) is 77.8 Å². The van der Waals surface area contributed by atoms with Crippen LogP contribution in [0.3, 0.4) is 0 Å². The minimum Gasteiger partial charge on any atom is -0.314 e. The first-order valence-corrected chi connectivity index (χ1v) is 7.42. The molecule has 0 radical (unpaired) electrons. The Kier molecular flexibility index (Phi) is 11.1. The number of rotatable bonds is 12. The van der Waals surface area contributed by atoms with E-state index in [1.165, 1.54) is 37.0 Å². The van der Waals surface area contributed by atoms with Gasteiger partial charge in [-0.05, 0) is 39.2 Å². The zero-order valence-corrected chi connectivity index (χ0v) is 12.4. The zero-order valence-electron chi connectivity index (χ0n) is 12.4. The fourth-order valence-corrected chi connectivity index (χ4v) is 2.03. The van der Waals surface area contributed by atoms with Crippen LogP contribution in [0.2, 0.25) is 0 Å². The summed E-state index contributed by atoms with van der Waals surface area (Å²) in [6, 6.07) is 0.839. The third kappa shape index (κ3) is 8.48. The summed E-state index contributed by atoms with van der Waals surface area (Å²) in [5.41, 5.74) is 0. The molecule has 0 aliphatic carbocycles. The van der Waals surface area contributed by atoms with Gasteiger partial charge < -0.3 is 5.32 Å². The first-order valence-electron chi connectivity index (χ1n) is 7.42. The van der Waals surface area contributed by atoms with Gasteiger partial charge in [0.05, 0.1) is 6.34 Å². The van der Waals surface area contributed by atoms with Crippen molar-refractivity contribution < 1.29 is 0 Å². The summed E-state index contributed by atoms with van der Waals surface area (Å²) < 4.78 is 0. The van der Waals surface area contributed by atoms with E-state index in [4.69, 9.17) is 11.3 Å². The first kappa shape index (κ1) is 17.4. The molecular weight excluding hydrogens is 224 g/mol. The minimum atomic E-state index is 0.249. The van der Waals surface area contributed by atoms with Crippen molar-refractivity contribution in [1.29, 1.82) is 5.41 Å². The van der Waals surface area contributed by atoms with Gasteiger partial charge in [-0.3, -0.25) is 10.4 Å². The molecule has 4 N–H and O–H groups in total. The second-order valence-electron chi connectivity index (χ2n) is 5.12. The van der Waals surface area contributed by atoms with Crippen molar-refractivity contribution in [3.63, 3.8) is 0 Å². The van der Waals surface area contributed by atoms with Crippen LogP contribution in [0.1, 0.15) is 65.7 Å². The van der Waals surface area contributed by atoms with Gasteiger partial charge in [-0.1, -0.05) is 33.1 Å². The number of nitrogens with two attached hydrogens (primary N) is 1. The molecule has 4 heteroatoms. The smallest absolute Gasteiger partial charge is 0.0961 e. The SMILES string of the molecule is CCCCCCNC(CC)CCC(C)N(N)C=N. The van der Waals surface area contributed by atoms with E-state index in [9.17, 15) is 0 Å². The Hall–Kier alpha value is -0.610. The van der Waals surface area contributed by atoms with Crippen LogP contribution in [0.5, 0.6) is 0 Å². The van der Waals surface area contributed by atoms with Crippen LogP contribution in [0.4, 0.5) is 0 Å². The van der Waals surface area contributed by atoms with E-state index in [1.807, 2.05) is 0 Å². The fourth-order valence-electron chi connectivity index (χ4n) is 2.03. The maximum absolute atomic E-state index is 7.11. The van der Waals surface area contributed by atoms with E-state index in [1.54, 1.807) is 0 Å². The third-order valence-corrected chi connectivity index (χ3v) is 3.55. The van der Waals surface area contributed by atoms with Gasteiger partial charge >= 0.3 is 0 Å². The Morgan fingerprint density at radius 3 is 2.50 bits per heavy atom. The fraction of sp³-hybridized carbons (Fsp3) is 0.929. The van der Waals surface area contributed by atoms with Crippen molar-refractivity contribution >= 4 is 6.34 Å². The van der Waals surface area contributed by atoms with Crippen molar-refractivity contribution in [1.82, 2.24) is 10.3 Å². The highest BCUT2D eigenvalue weighted by molar-refractivity contribution is 5.49. The van der Waals surface area contributed by atoms with Gasteiger partial charge in [-0.2, -0.15) is 0 Å². The summed E-state index contributed by atoms with van der Waals surface area (Å²) in [5, 5.41) is 12.2. The molecule has 0 heterocycles. The molecule has 108 valence electrons. The Morgan fingerprint density at radius 1 is 1.22 bits per heavy atom. The van der Waals surface area contributed by atoms with Gasteiger partial charge in [-0.15, -0.1) is 0 Å². The van der Waals surface area contributed by atoms with E-state index < -0.39 is 0 Å². The summed E-state index contributed by atoms with van der Waals surface area (Å²) >= 11 is 0. The quantitative estimate of drug-likeness (QED) is 0.165. The molecule has 0 rings (SSSR count). The Bertz CT molecular complexity index is 196. The second-order valence-corrected chi connectivity index (χ2v) is 5.12. The molecule has 0 aliphatic rings. The summed E-state index contributed by atoms with van der Waals surface area (Å²) in [7, 11) is 0. The molecule has 0 spiro atoms. The number of hydrazine groups is 1. The van der Waals surface area contributed by atoms with Gasteiger partial charge in [0.25, 0.3) is 0 Å². The first-order chi connectivity index (χ1) is 8.65. The molecule has 0 amide bonds. The molecule has 0 fully saturated rings. The number of unbranched alkanes of at least 4 members (excludes halogenated alkanes) is 3. The van der Waals surface area contributed by atoms with E-state index >= 15 is 0 Å². The summed E-state index contributed by atoms with van der Waals surface area (Å²) in [5.74, 6) is 5.67. The standard InChI is InChI=1S/C14H32N4/c1-4-6-7-8-11-17-14(5-2)10-9-13(3)18(16)12-15/h12-15,17H,4-11,16H2,1-3H3. The lowest BCUT2D eigenvalue weighted by Gasteiger charge is -2.24. The normalized spacial score (nSPS) is 14.2. The molecule has 4 nitrogen and oxygen atoms in total. The van der Waals surface area contributed by atoms with Crippen LogP contribution in [0.15, 0.2) is 0 Å². The van der Waals surface area contributed by atoms with Gasteiger partial charge in [0.1, 0.15) is 0 Å². The van der Waals surface area contributed by atoms with Gasteiger partial charge in [0.2, 0.25) is 0 Å². The van der Waals surface area contributed by atoms with E-state index in [-0.39, 0.29) is 6.04 Å². The number of hydrogen-bond donors (Lipinski definition) is 3. The van der Waals surface area contributed by atoms with E-state index in [0.29, 0.717) is 6.04 Å². The average Bonchev–Trinajstić information content (AvgIpc) is 2.40. The molecule has 0 saturated heterocycles. The molecule has 18 heavy (non-hydrogen) atoms. The van der Waals surface area contributed by atoms with E-state index in [2.05, 4.69) is 26.1 Å². The van der Waals surface area contributed by atoms with Crippen molar-refractivity contribution in [2.24, 2.45) is 5.84 Å². The van der Waals surface area contributed by atoms with Crippen molar-refractivity contribution in [3.8, 4) is 0 Å². The predicted octanol–water partition coefficient (Wildman–Crippen LogP) is 2.89. The lowest BCUT2D eigenvalue weighted by molar-refractivity contribution is 0.307. The van der Waals surface area contributed by atoms with Gasteiger partial charge in [-0.25, -0.2) is 5.84 Å². The molecule has 0 aromatic heterocycles. The largest absolute Gasteiger partial charge is 0.314 e. The summed E-state index contributed by atoms with van der Waals surface area (Å²) in [4.78, 5) is 0. The highest BCUT2D eigenvalue weighted by Crippen LogP contribution is 2.08. The van der Waals surface area contributed by atoms with Gasteiger partial charge in [0.15, 0.2) is 0 Å². The second kappa shape index (κ2) is 11.5. The van der Waals surface area contributed by atoms with Crippen LogP contribution < -0.4 is 11.2 Å². The molecule has 0 saturated carbocycles. The lowest BCUT2D eigenvalue weighted by Crippen LogP contribution is -2.39. The van der Waals surface area contributed by atoms with Crippen LogP contribution in [0.25, 0.3) is 0 Å². The topological polar surface area (TPSA) is 65.1 Å². The molecule has 0 aliphatic heterocycles. The molecule has 0 aromatic rings. The number of hydrogen-bond acceptors (Lipinski definition) is 3. The summed E-state index contributed by atoms with van der Waals surface area (Å²) in [6.45, 7) is 7.67. The van der Waals surface area contributed by atoms with Crippen LogP contribution >= 0.6 is 0 Å². The Morgan fingerprint density at radius 2 is 1.94 bits per heavy atom. The Balaban J connectivity index is 3.66. The average molecular weight is 256 g/mol. The van der Waals surface area contributed by atoms with Crippen molar-refractivity contribution in [3.05, 3.63) is 0 Å². The molecule has 2 atom stereocenters. The van der Waals surface area contributed by atoms with Crippen LogP contribution in [-0.2, 0) is 0 Å². The molecule has 0 bridgehead atoms. The molecular formula is C14H32N4. The number of nitrogens with one attached hydrogen (secondary N) is 2. The van der Waals surface area contributed by atoms with Crippen LogP contribution in [0, 0.1) is 5.41 Å². The van der Waals surface area contributed by atoms with Crippen molar-refractivity contribution in [2.75, 3.05) is 6.54 Å². The molecule has 2 unspecified atom stereocenters. The van der Waals surface area contributed by atoms with E-state index in [0.717, 1.165) is 25.8 Å². The Labute approximate surface area is 113 Å². The minimum absolute atomic E-state index is 0.249. The highest BCUT2D eigenvalue weighted by atomic mass is 15.4. The number of nitrogens with zero attached hydrogens (tertiary/aromatic N) is 1. The molecule has 0 aromatic carbocycles. The maximum atomic E-state index is 7.11. The zero-order chi connectivity index (χ0) is 13.8.